The predicted molar refractivity (Wildman–Crippen MR) is 305 cm³/mol. The summed E-state index contributed by atoms with van der Waals surface area (Å²) in [5, 5.41) is 40.9. The lowest BCUT2D eigenvalue weighted by Gasteiger charge is -2.67. The summed E-state index contributed by atoms with van der Waals surface area (Å²) < 4.78 is 36.6. The molecule has 2 unspecified atom stereocenters. The van der Waals surface area contributed by atoms with Gasteiger partial charge in [-0.15, -0.1) is 0 Å². The standard InChI is InChI=1S/C65H83NO15/c1-10-11-12-13-14-15-16-17-18-19-20-21-22-23-24-25-26-27-34-39-50(69)78-54-51-43(2)47(77-59(73)53(70)52(45-35-30-28-31-36-45)66-60(74)81-61(4,5)6)41-65(75,62(51,7)8)57(79-58(72)46-37-32-29-33-38-46)55-63(9,56(54)71)48(68)40-49-64(55,42-76-49)80-44(3)67/h11-12,14-15,17-18,20-21,23-24,26-33,35-38,47-49,52-55,57,68,70,75H,10,13,16,19,22,25,34,39-42H2,1-9H3,(H,66,74)/b12-11-,15-14-,18-17-,21-20-,24-23-,27-26-/t47-,48-,49+,52-,53+,54+,55?,57?,63+,64-,65+/m0/s1. The van der Waals surface area contributed by atoms with Gasteiger partial charge in [0.05, 0.1) is 35.6 Å². The van der Waals surface area contributed by atoms with Crippen LogP contribution in [-0.2, 0) is 47.6 Å². The second-order valence-corrected chi connectivity index (χ2v) is 23.0. The first-order chi connectivity index (χ1) is 38.4. The largest absolute Gasteiger partial charge is 0.456 e. The average Bonchev–Trinajstić information content (AvgIpc) is 3.41. The van der Waals surface area contributed by atoms with E-state index in [9.17, 15) is 39.3 Å². The van der Waals surface area contributed by atoms with Crippen molar-refractivity contribution < 1.29 is 72.5 Å². The van der Waals surface area contributed by atoms with Gasteiger partial charge in [-0.3, -0.25) is 14.4 Å². The summed E-state index contributed by atoms with van der Waals surface area (Å²) in [6.07, 6.45) is 18.3. The molecule has 3 fully saturated rings. The Morgan fingerprint density at radius 2 is 1.33 bits per heavy atom. The van der Waals surface area contributed by atoms with Gasteiger partial charge in [0.1, 0.15) is 29.5 Å². The van der Waals surface area contributed by atoms with Crippen molar-refractivity contribution in [3.8, 4) is 0 Å². The maximum absolute atomic E-state index is 16.1. The van der Waals surface area contributed by atoms with Gasteiger partial charge >= 0.3 is 30.0 Å². The first-order valence-electron chi connectivity index (χ1n) is 28.2. The molecule has 2 aromatic carbocycles. The number of benzene rings is 2. The highest BCUT2D eigenvalue weighted by Crippen LogP contribution is 2.64. The fraction of sp³-hybridized carbons (Fsp3) is 0.508. The zero-order chi connectivity index (χ0) is 59.2. The molecule has 81 heavy (non-hydrogen) atoms. The number of hydrogen-bond donors (Lipinski definition) is 4. The van der Waals surface area contributed by atoms with Crippen LogP contribution in [-0.4, -0.2) is 111 Å². The van der Waals surface area contributed by atoms with Gasteiger partial charge < -0.3 is 49.1 Å². The molecular weight excluding hydrogens is 1030 g/mol. The van der Waals surface area contributed by atoms with Crippen molar-refractivity contribution in [2.75, 3.05) is 6.61 Å². The second kappa shape index (κ2) is 27.8. The number of nitrogens with one attached hydrogen (secondary N) is 1. The van der Waals surface area contributed by atoms with Crippen molar-refractivity contribution in [1.29, 1.82) is 0 Å². The Bertz CT molecular complexity index is 2750. The minimum atomic E-state index is -2.44. The van der Waals surface area contributed by atoms with Gasteiger partial charge in [-0.25, -0.2) is 14.4 Å². The van der Waals surface area contributed by atoms with E-state index < -0.39 is 118 Å². The van der Waals surface area contributed by atoms with Crippen molar-refractivity contribution in [2.45, 2.75) is 186 Å². The molecular formula is C65H83NO15. The highest BCUT2D eigenvalue weighted by atomic mass is 16.6. The number of alkyl carbamates (subject to hydrolysis) is 1. The average molecular weight is 1120 g/mol. The van der Waals surface area contributed by atoms with E-state index in [1.54, 1.807) is 90.1 Å². The Hall–Kier alpha value is -6.72. The molecule has 0 spiro atoms. The lowest BCUT2D eigenvalue weighted by atomic mass is 9.44. The van der Waals surface area contributed by atoms with Crippen LogP contribution < -0.4 is 5.32 Å². The molecule has 1 amide bonds. The minimum absolute atomic E-state index is 0.0107. The van der Waals surface area contributed by atoms with E-state index in [0.29, 0.717) is 12.0 Å². The SMILES string of the molecule is CC/C=C\C/C=C\C/C=C\C/C=C\C/C=C\C/C=C\CCC(=O)O[C@H]1C(=O)[C@@]2(C)C(C(OC(=O)c3ccccc3)[C@]3(O)C[C@H](OC(=O)[C@H](O)[C@@H](NC(=O)OC(C)(C)C)c4ccccc4)C(C)=C1C3(C)C)[C@]1(OC(C)=O)CO[C@@H]1C[C@@H]2O. The third-order valence-electron chi connectivity index (χ3n) is 15.9. The Morgan fingerprint density at radius 1 is 0.790 bits per heavy atom. The van der Waals surface area contributed by atoms with Crippen LogP contribution in [0.1, 0.15) is 148 Å². The monoisotopic (exact) mass is 1120 g/mol. The molecule has 1 aliphatic heterocycles. The molecule has 6 rings (SSSR count). The number of hydrogen-bond acceptors (Lipinski definition) is 15. The van der Waals surface area contributed by atoms with Crippen molar-refractivity contribution in [3.05, 3.63) is 156 Å². The number of amides is 1. The van der Waals surface area contributed by atoms with Gasteiger partial charge in [-0.05, 0) is 108 Å². The number of carbonyl (C=O) groups excluding carboxylic acids is 6. The highest BCUT2D eigenvalue weighted by molar-refractivity contribution is 5.96. The molecule has 0 aromatic heterocycles. The highest BCUT2D eigenvalue weighted by Gasteiger charge is 2.78. The molecule has 2 saturated carbocycles. The molecule has 4 N–H and O–H groups in total. The number of rotatable bonds is 23. The second-order valence-electron chi connectivity index (χ2n) is 23.0. The number of allylic oxidation sites excluding steroid dienone is 12. The summed E-state index contributed by atoms with van der Waals surface area (Å²) in [7, 11) is 0. The van der Waals surface area contributed by atoms with Gasteiger partial charge in [0.2, 0.25) is 0 Å². The van der Waals surface area contributed by atoms with E-state index in [-0.39, 0.29) is 42.6 Å². The fourth-order valence-corrected chi connectivity index (χ4v) is 11.7. The van der Waals surface area contributed by atoms with Crippen LogP contribution in [0, 0.1) is 16.7 Å². The van der Waals surface area contributed by atoms with Crippen molar-refractivity contribution in [1.82, 2.24) is 5.32 Å². The molecule has 1 saturated heterocycles. The number of aliphatic hydroxyl groups excluding tert-OH is 2. The minimum Gasteiger partial charge on any atom is -0.456 e. The van der Waals surface area contributed by atoms with Gasteiger partial charge in [0.25, 0.3) is 0 Å². The summed E-state index contributed by atoms with van der Waals surface area (Å²) in [4.78, 5) is 85.9. The lowest BCUT2D eigenvalue weighted by Crippen LogP contribution is -2.82. The molecule has 2 aromatic rings. The molecule has 3 aliphatic carbocycles. The van der Waals surface area contributed by atoms with E-state index in [1.165, 1.54) is 19.1 Å². The van der Waals surface area contributed by atoms with Gasteiger partial charge in [-0.1, -0.05) is 142 Å². The van der Waals surface area contributed by atoms with E-state index in [0.717, 1.165) is 39.0 Å². The number of carbonyl (C=O) groups is 6. The predicted octanol–water partition coefficient (Wildman–Crippen LogP) is 10.3. The first kappa shape index (κ1) is 63.5. The van der Waals surface area contributed by atoms with E-state index in [1.807, 2.05) is 24.3 Å². The van der Waals surface area contributed by atoms with Crippen LogP contribution >= 0.6 is 0 Å². The fourth-order valence-electron chi connectivity index (χ4n) is 11.7. The maximum atomic E-state index is 16.1. The van der Waals surface area contributed by atoms with Crippen LogP contribution in [0.25, 0.3) is 0 Å². The van der Waals surface area contributed by atoms with Gasteiger partial charge in [-0.2, -0.15) is 0 Å². The Morgan fingerprint density at radius 3 is 1.85 bits per heavy atom. The van der Waals surface area contributed by atoms with Crippen LogP contribution in [0.2, 0.25) is 0 Å². The van der Waals surface area contributed by atoms with Crippen LogP contribution in [0.4, 0.5) is 4.79 Å². The number of ketones is 1. The molecule has 0 radical (unpaired) electrons. The Kier molecular flexibility index (Phi) is 21.8. The summed E-state index contributed by atoms with van der Waals surface area (Å²) >= 11 is 0. The zero-order valence-electron chi connectivity index (χ0n) is 48.3. The maximum Gasteiger partial charge on any atom is 0.408 e. The molecule has 4 aliphatic rings. The van der Waals surface area contributed by atoms with E-state index in [4.69, 9.17) is 28.4 Å². The molecule has 16 heteroatoms. The number of fused-ring (bicyclic) bond motifs is 5. The summed E-state index contributed by atoms with van der Waals surface area (Å²) in [5.74, 6) is -6.26. The molecule has 11 atom stereocenters. The summed E-state index contributed by atoms with van der Waals surface area (Å²) in [6.45, 7) is 14.0. The number of aliphatic hydroxyl groups is 3. The molecule has 16 nitrogen and oxygen atoms in total. The smallest absolute Gasteiger partial charge is 0.408 e. The molecule has 2 bridgehead atoms. The Labute approximate surface area is 477 Å². The quantitative estimate of drug-likeness (QED) is 0.0461. The zero-order valence-corrected chi connectivity index (χ0v) is 48.3. The van der Waals surface area contributed by atoms with E-state index >= 15 is 4.79 Å². The van der Waals surface area contributed by atoms with Gasteiger partial charge in [0, 0.05) is 31.6 Å². The number of esters is 4. The summed E-state index contributed by atoms with van der Waals surface area (Å²) in [6, 6.07) is 14.6. The first-order valence-corrected chi connectivity index (χ1v) is 28.2. The third kappa shape index (κ3) is 14.9. The normalized spacial score (nSPS) is 28.0. The van der Waals surface area contributed by atoms with Crippen LogP contribution in [0.5, 0.6) is 0 Å². The van der Waals surface area contributed by atoms with Crippen molar-refractivity contribution >= 4 is 35.8 Å². The van der Waals surface area contributed by atoms with Crippen LogP contribution in [0.15, 0.2) is 145 Å². The number of ether oxygens (including phenoxy) is 6. The molecule has 1 heterocycles. The topological polar surface area (TPSA) is 231 Å². The van der Waals surface area contributed by atoms with Gasteiger partial charge in [0.15, 0.2) is 23.6 Å². The van der Waals surface area contributed by atoms with Crippen molar-refractivity contribution in [3.63, 3.8) is 0 Å². The number of Topliss-reactive ketones (excluding diaryl/α,β-unsaturated/α-hetero) is 1. The lowest BCUT2D eigenvalue weighted by molar-refractivity contribution is -0.346. The van der Waals surface area contributed by atoms with E-state index in [2.05, 4.69) is 60.8 Å². The third-order valence-corrected chi connectivity index (χ3v) is 15.9. The Balaban J connectivity index is 1.34. The van der Waals surface area contributed by atoms with Crippen molar-refractivity contribution in [2.24, 2.45) is 16.7 Å². The van der Waals surface area contributed by atoms with Crippen LogP contribution in [0.3, 0.4) is 0 Å². The molecule has 438 valence electrons. The summed E-state index contributed by atoms with van der Waals surface area (Å²) in [5.41, 5.74) is -8.50.